The maximum atomic E-state index is 11.9. The Morgan fingerprint density at radius 3 is 2.69 bits per heavy atom. The molecule has 2 amide bonds. The number of aryl methyl sites for hydroxylation is 1. The van der Waals surface area contributed by atoms with Crippen LogP contribution in [0.5, 0.6) is 11.5 Å². The summed E-state index contributed by atoms with van der Waals surface area (Å²) < 4.78 is 10.7. The molecule has 0 saturated carbocycles. The molecule has 0 spiro atoms. The van der Waals surface area contributed by atoms with Crippen LogP contribution in [-0.4, -0.2) is 19.4 Å². The predicted molar refractivity (Wildman–Crippen MR) is 105 cm³/mol. The van der Waals surface area contributed by atoms with Gasteiger partial charge in [-0.25, -0.2) is 4.79 Å². The van der Waals surface area contributed by atoms with Crippen molar-refractivity contribution in [2.45, 2.75) is 20.8 Å². The Labute approximate surface area is 154 Å². The largest absolute Gasteiger partial charge is 0.454 e. The zero-order valence-electron chi connectivity index (χ0n) is 15.3. The van der Waals surface area contributed by atoms with Crippen molar-refractivity contribution in [1.82, 2.24) is 5.32 Å². The molecule has 0 fully saturated rings. The Morgan fingerprint density at radius 2 is 1.92 bits per heavy atom. The quantitative estimate of drug-likeness (QED) is 0.769. The van der Waals surface area contributed by atoms with Crippen LogP contribution >= 0.6 is 0 Å². The van der Waals surface area contributed by atoms with Crippen LogP contribution < -0.4 is 20.1 Å². The molecule has 1 aliphatic heterocycles. The number of amides is 2. The van der Waals surface area contributed by atoms with E-state index >= 15 is 0 Å². The minimum Gasteiger partial charge on any atom is -0.454 e. The number of carbonyl (C=O) groups is 1. The monoisotopic (exact) mass is 352 g/mol. The van der Waals surface area contributed by atoms with Gasteiger partial charge in [0.05, 0.1) is 0 Å². The number of urea groups is 1. The average molecular weight is 352 g/mol. The molecule has 0 bridgehead atoms. The highest BCUT2D eigenvalue weighted by atomic mass is 16.7. The first-order chi connectivity index (χ1) is 12.5. The number of fused-ring (bicyclic) bond motifs is 1. The number of nitrogens with one attached hydrogen (secondary N) is 2. The highest BCUT2D eigenvalue weighted by Crippen LogP contribution is 2.33. The van der Waals surface area contributed by atoms with Crippen molar-refractivity contribution in [2.75, 3.05) is 18.7 Å². The second-order valence-corrected chi connectivity index (χ2v) is 6.75. The summed E-state index contributed by atoms with van der Waals surface area (Å²) in [5, 5.41) is 5.71. The Bertz CT molecular complexity index is 828. The summed E-state index contributed by atoms with van der Waals surface area (Å²) in [6.45, 7) is 7.08. The second-order valence-electron chi connectivity index (χ2n) is 6.75. The summed E-state index contributed by atoms with van der Waals surface area (Å²) in [6.07, 6.45) is 4.09. The minimum absolute atomic E-state index is 0.179. The van der Waals surface area contributed by atoms with E-state index in [1.807, 2.05) is 49.4 Å². The molecule has 0 atom stereocenters. The normalized spacial score (nSPS) is 12.6. The molecule has 26 heavy (non-hydrogen) atoms. The summed E-state index contributed by atoms with van der Waals surface area (Å²) in [6, 6.07) is 11.6. The first-order valence-electron chi connectivity index (χ1n) is 8.74. The third-order valence-electron chi connectivity index (χ3n) is 4.05. The van der Waals surface area contributed by atoms with Crippen molar-refractivity contribution in [2.24, 2.45) is 5.92 Å². The summed E-state index contributed by atoms with van der Waals surface area (Å²) in [4.78, 5) is 11.9. The van der Waals surface area contributed by atoms with Gasteiger partial charge >= 0.3 is 6.03 Å². The number of ether oxygens (including phenoxy) is 2. The average Bonchev–Trinajstić information content (AvgIpc) is 3.07. The van der Waals surface area contributed by atoms with E-state index in [-0.39, 0.29) is 12.8 Å². The third-order valence-corrected chi connectivity index (χ3v) is 4.05. The summed E-state index contributed by atoms with van der Waals surface area (Å²) >= 11 is 0. The van der Waals surface area contributed by atoms with Gasteiger partial charge in [-0.2, -0.15) is 0 Å². The van der Waals surface area contributed by atoms with Crippen LogP contribution in [0, 0.1) is 12.8 Å². The van der Waals surface area contributed by atoms with Crippen molar-refractivity contribution in [3.05, 3.63) is 53.1 Å². The van der Waals surface area contributed by atoms with E-state index in [2.05, 4.69) is 30.6 Å². The molecule has 1 heterocycles. The van der Waals surface area contributed by atoms with Crippen LogP contribution in [0.1, 0.15) is 30.5 Å². The fourth-order valence-corrected chi connectivity index (χ4v) is 2.62. The zero-order chi connectivity index (χ0) is 18.5. The maximum Gasteiger partial charge on any atom is 0.319 e. The molecule has 2 aromatic rings. The van der Waals surface area contributed by atoms with Gasteiger partial charge < -0.3 is 20.1 Å². The van der Waals surface area contributed by atoms with Gasteiger partial charge in [-0.15, -0.1) is 0 Å². The van der Waals surface area contributed by atoms with E-state index in [0.29, 0.717) is 12.5 Å². The molecule has 0 aliphatic carbocycles. The van der Waals surface area contributed by atoms with Gasteiger partial charge in [0.1, 0.15) is 0 Å². The van der Waals surface area contributed by atoms with Crippen LogP contribution in [0.15, 0.2) is 36.4 Å². The van der Waals surface area contributed by atoms with Crippen molar-refractivity contribution < 1.29 is 14.3 Å². The molecule has 136 valence electrons. The Hall–Kier alpha value is -2.95. The molecule has 0 aromatic heterocycles. The molecule has 0 saturated heterocycles. The topological polar surface area (TPSA) is 59.6 Å². The van der Waals surface area contributed by atoms with E-state index < -0.39 is 0 Å². The Kier molecular flexibility index (Phi) is 5.46. The van der Waals surface area contributed by atoms with Crippen molar-refractivity contribution in [3.8, 4) is 11.5 Å². The van der Waals surface area contributed by atoms with Gasteiger partial charge in [0.25, 0.3) is 0 Å². The molecular formula is C21H24N2O3. The van der Waals surface area contributed by atoms with Gasteiger partial charge in [0.15, 0.2) is 11.5 Å². The molecule has 0 radical (unpaired) electrons. The van der Waals surface area contributed by atoms with Crippen molar-refractivity contribution in [1.29, 1.82) is 0 Å². The maximum absolute atomic E-state index is 11.9. The van der Waals surface area contributed by atoms with Crippen molar-refractivity contribution >= 4 is 23.9 Å². The second kappa shape index (κ2) is 7.95. The summed E-state index contributed by atoms with van der Waals surface area (Å²) in [5.41, 5.74) is 4.01. The molecule has 2 aromatic carbocycles. The van der Waals surface area contributed by atoms with Gasteiger partial charge in [-0.05, 0) is 53.8 Å². The van der Waals surface area contributed by atoms with Crippen LogP contribution in [0.25, 0.3) is 12.2 Å². The molecular weight excluding hydrogens is 328 g/mol. The van der Waals surface area contributed by atoms with Crippen LogP contribution in [0.2, 0.25) is 0 Å². The number of carbonyl (C=O) groups excluding carboxylic acids is 1. The lowest BCUT2D eigenvalue weighted by Crippen LogP contribution is -2.31. The minimum atomic E-state index is -0.179. The number of rotatable bonds is 5. The fourth-order valence-electron chi connectivity index (χ4n) is 2.62. The molecule has 5 nitrogen and oxygen atoms in total. The molecule has 3 rings (SSSR count). The van der Waals surface area contributed by atoms with E-state index in [0.717, 1.165) is 33.9 Å². The van der Waals surface area contributed by atoms with E-state index in [4.69, 9.17) is 9.47 Å². The van der Waals surface area contributed by atoms with Gasteiger partial charge in [-0.1, -0.05) is 38.1 Å². The highest BCUT2D eigenvalue weighted by molar-refractivity contribution is 5.89. The van der Waals surface area contributed by atoms with Gasteiger partial charge in [0.2, 0.25) is 6.79 Å². The van der Waals surface area contributed by atoms with E-state index in [1.165, 1.54) is 0 Å². The smallest absolute Gasteiger partial charge is 0.319 e. The zero-order valence-corrected chi connectivity index (χ0v) is 15.3. The standard InChI is InChI=1S/C21H24N2O3/c1-14(2)12-22-21(24)23-18-8-7-17(15(3)10-18)6-4-16-5-9-19-20(11-16)26-13-25-19/h4-11,14H,12-13H2,1-3H3,(H2,22,23,24)/b6-4+. The molecule has 5 heteroatoms. The number of hydrogen-bond acceptors (Lipinski definition) is 3. The molecule has 0 unspecified atom stereocenters. The molecule has 2 N–H and O–H groups in total. The lowest BCUT2D eigenvalue weighted by molar-refractivity contribution is 0.174. The SMILES string of the molecule is Cc1cc(NC(=O)NCC(C)C)ccc1/C=C/c1ccc2c(c1)OCO2. The van der Waals surface area contributed by atoms with E-state index in [9.17, 15) is 4.79 Å². The van der Waals surface area contributed by atoms with Crippen LogP contribution in [0.3, 0.4) is 0 Å². The number of anilines is 1. The number of hydrogen-bond donors (Lipinski definition) is 2. The summed E-state index contributed by atoms with van der Waals surface area (Å²) in [7, 11) is 0. The number of benzene rings is 2. The van der Waals surface area contributed by atoms with Gasteiger partial charge in [-0.3, -0.25) is 0 Å². The Balaban J connectivity index is 1.65. The lowest BCUT2D eigenvalue weighted by Gasteiger charge is -2.10. The highest BCUT2D eigenvalue weighted by Gasteiger charge is 2.12. The molecule has 1 aliphatic rings. The third kappa shape index (κ3) is 4.57. The van der Waals surface area contributed by atoms with Gasteiger partial charge in [0, 0.05) is 12.2 Å². The summed E-state index contributed by atoms with van der Waals surface area (Å²) in [5.74, 6) is 1.98. The van der Waals surface area contributed by atoms with Crippen molar-refractivity contribution in [3.63, 3.8) is 0 Å². The first-order valence-corrected chi connectivity index (χ1v) is 8.74. The lowest BCUT2D eigenvalue weighted by atomic mass is 10.1. The fraction of sp³-hybridized carbons (Fsp3) is 0.286. The van der Waals surface area contributed by atoms with Crippen LogP contribution in [-0.2, 0) is 0 Å². The Morgan fingerprint density at radius 1 is 1.12 bits per heavy atom. The van der Waals surface area contributed by atoms with Crippen LogP contribution in [0.4, 0.5) is 10.5 Å². The first kappa shape index (κ1) is 17.9. The predicted octanol–water partition coefficient (Wildman–Crippen LogP) is 4.67. The van der Waals surface area contributed by atoms with E-state index in [1.54, 1.807) is 0 Å².